The number of aromatic nitrogens is 2. The molecule has 0 unspecified atom stereocenters. The summed E-state index contributed by atoms with van der Waals surface area (Å²) in [6.45, 7) is 1.34. The van der Waals surface area contributed by atoms with E-state index in [0.717, 1.165) is 30.5 Å². The van der Waals surface area contributed by atoms with Gasteiger partial charge in [0.1, 0.15) is 0 Å². The summed E-state index contributed by atoms with van der Waals surface area (Å²) < 4.78 is 7.71. The third-order valence-corrected chi connectivity index (χ3v) is 3.23. The van der Waals surface area contributed by atoms with Gasteiger partial charge >= 0.3 is 0 Å². The summed E-state index contributed by atoms with van der Waals surface area (Å²) in [5.74, 6) is 0. The molecule has 0 spiro atoms. The predicted octanol–water partition coefficient (Wildman–Crippen LogP) is 1.84. The van der Waals surface area contributed by atoms with Crippen LogP contribution in [0, 0.1) is 0 Å². The number of ether oxygens (including phenoxy) is 1. The van der Waals surface area contributed by atoms with Crippen LogP contribution in [0.1, 0.15) is 21.6 Å². The van der Waals surface area contributed by atoms with Crippen LogP contribution in [0.25, 0.3) is 0 Å². The highest BCUT2D eigenvalue weighted by atomic mass is 16.5. The Bertz CT molecular complexity index is 548. The van der Waals surface area contributed by atoms with Crippen LogP contribution < -0.4 is 0 Å². The van der Waals surface area contributed by atoms with E-state index in [1.54, 1.807) is 6.20 Å². The zero-order valence-corrected chi connectivity index (χ0v) is 9.95. The van der Waals surface area contributed by atoms with E-state index in [0.29, 0.717) is 12.2 Å². The topological polar surface area (TPSA) is 44.1 Å². The number of benzene rings is 1. The van der Waals surface area contributed by atoms with Crippen molar-refractivity contribution in [3.8, 4) is 0 Å². The van der Waals surface area contributed by atoms with Crippen LogP contribution in [0.15, 0.2) is 36.5 Å². The molecular formula is C14H14N2O2. The van der Waals surface area contributed by atoms with E-state index in [-0.39, 0.29) is 6.10 Å². The molecule has 0 radical (unpaired) electrons. The molecule has 1 aromatic heterocycles. The minimum absolute atomic E-state index is 0.118. The molecule has 0 aliphatic carbocycles. The van der Waals surface area contributed by atoms with Gasteiger partial charge in [0.05, 0.1) is 36.7 Å². The van der Waals surface area contributed by atoms with Crippen molar-refractivity contribution in [2.24, 2.45) is 0 Å². The second kappa shape index (κ2) is 4.74. The first kappa shape index (κ1) is 11.2. The van der Waals surface area contributed by atoms with Crippen molar-refractivity contribution in [3.63, 3.8) is 0 Å². The Labute approximate surface area is 105 Å². The van der Waals surface area contributed by atoms with Gasteiger partial charge in [-0.3, -0.25) is 9.48 Å². The van der Waals surface area contributed by atoms with Gasteiger partial charge in [0.2, 0.25) is 0 Å². The molecule has 18 heavy (non-hydrogen) atoms. The van der Waals surface area contributed by atoms with Crippen molar-refractivity contribution in [2.75, 3.05) is 0 Å². The molecule has 0 amide bonds. The molecule has 0 bridgehead atoms. The van der Waals surface area contributed by atoms with Crippen LogP contribution in [0.4, 0.5) is 0 Å². The van der Waals surface area contributed by atoms with Gasteiger partial charge in [-0.1, -0.05) is 30.3 Å². The number of carbonyl (C=O) groups is 1. The van der Waals surface area contributed by atoms with E-state index < -0.39 is 0 Å². The summed E-state index contributed by atoms with van der Waals surface area (Å²) in [7, 11) is 0. The Balaban J connectivity index is 1.61. The van der Waals surface area contributed by atoms with Crippen molar-refractivity contribution >= 4 is 6.29 Å². The minimum Gasteiger partial charge on any atom is -0.371 e. The molecular weight excluding hydrogens is 228 g/mol. The lowest BCUT2D eigenvalue weighted by Gasteiger charge is -2.10. The van der Waals surface area contributed by atoms with Gasteiger partial charge in [0, 0.05) is 6.42 Å². The van der Waals surface area contributed by atoms with E-state index in [4.69, 9.17) is 4.74 Å². The maximum absolute atomic E-state index is 10.8. The third kappa shape index (κ3) is 2.07. The fraction of sp³-hybridized carbons (Fsp3) is 0.286. The Morgan fingerprint density at radius 2 is 2.22 bits per heavy atom. The average Bonchev–Trinajstić information content (AvgIpc) is 2.97. The van der Waals surface area contributed by atoms with Crippen LogP contribution in [0.5, 0.6) is 0 Å². The molecule has 3 rings (SSSR count). The van der Waals surface area contributed by atoms with Crippen molar-refractivity contribution < 1.29 is 9.53 Å². The first-order valence-electron chi connectivity index (χ1n) is 6.02. The molecule has 0 saturated heterocycles. The average molecular weight is 242 g/mol. The van der Waals surface area contributed by atoms with Crippen LogP contribution in [0.3, 0.4) is 0 Å². The normalized spacial score (nSPS) is 17.7. The minimum atomic E-state index is 0.118. The first-order valence-corrected chi connectivity index (χ1v) is 6.02. The monoisotopic (exact) mass is 242 g/mol. The maximum Gasteiger partial charge on any atom is 0.153 e. The molecule has 1 aliphatic rings. The lowest BCUT2D eigenvalue weighted by Crippen LogP contribution is -2.14. The van der Waals surface area contributed by atoms with Crippen molar-refractivity contribution in [2.45, 2.75) is 25.7 Å². The molecule has 1 atom stereocenters. The summed E-state index contributed by atoms with van der Waals surface area (Å²) in [6, 6.07) is 10.1. The standard InChI is InChI=1S/C14H14N2O2/c17-9-12-7-15-16-8-13(6-14(12)16)18-10-11-4-2-1-3-5-11/h1-5,7,9,13H,6,8,10H2/t13-/m1/s1. The number of hydrogen-bond acceptors (Lipinski definition) is 3. The van der Waals surface area contributed by atoms with Gasteiger partial charge in [-0.2, -0.15) is 5.10 Å². The molecule has 0 N–H and O–H groups in total. The van der Waals surface area contributed by atoms with Gasteiger partial charge in [-0.15, -0.1) is 0 Å². The van der Waals surface area contributed by atoms with Gasteiger partial charge < -0.3 is 4.74 Å². The maximum atomic E-state index is 10.8. The van der Waals surface area contributed by atoms with Gasteiger partial charge in [0.25, 0.3) is 0 Å². The van der Waals surface area contributed by atoms with E-state index in [2.05, 4.69) is 5.10 Å². The summed E-state index contributed by atoms with van der Waals surface area (Å²) in [6.07, 6.45) is 3.36. The van der Waals surface area contributed by atoms with Gasteiger partial charge in [0.15, 0.2) is 6.29 Å². The number of aldehydes is 1. The van der Waals surface area contributed by atoms with Gasteiger partial charge in [-0.25, -0.2) is 0 Å². The lowest BCUT2D eigenvalue weighted by molar-refractivity contribution is 0.0403. The molecule has 1 aliphatic heterocycles. The molecule has 2 heterocycles. The second-order valence-electron chi connectivity index (χ2n) is 4.47. The van der Waals surface area contributed by atoms with Crippen LogP contribution in [0.2, 0.25) is 0 Å². The Kier molecular flexibility index (Phi) is 2.94. The molecule has 0 saturated carbocycles. The number of carbonyl (C=O) groups excluding carboxylic acids is 1. The summed E-state index contributed by atoms with van der Waals surface area (Å²) in [4.78, 5) is 10.8. The second-order valence-corrected chi connectivity index (χ2v) is 4.47. The highest BCUT2D eigenvalue weighted by Gasteiger charge is 2.25. The fourth-order valence-corrected chi connectivity index (χ4v) is 2.28. The zero-order valence-electron chi connectivity index (χ0n) is 9.95. The molecule has 1 aromatic carbocycles. The van der Waals surface area contributed by atoms with Crippen LogP contribution in [-0.4, -0.2) is 22.2 Å². The summed E-state index contributed by atoms with van der Waals surface area (Å²) in [5, 5.41) is 4.18. The molecule has 4 nitrogen and oxygen atoms in total. The van der Waals surface area contributed by atoms with E-state index >= 15 is 0 Å². The fourth-order valence-electron chi connectivity index (χ4n) is 2.28. The van der Waals surface area contributed by atoms with Crippen molar-refractivity contribution in [3.05, 3.63) is 53.3 Å². The number of fused-ring (bicyclic) bond motifs is 1. The Morgan fingerprint density at radius 1 is 1.39 bits per heavy atom. The Hall–Kier alpha value is -1.94. The smallest absolute Gasteiger partial charge is 0.153 e. The molecule has 0 fully saturated rings. The number of rotatable bonds is 4. The largest absolute Gasteiger partial charge is 0.371 e. The first-order chi connectivity index (χ1) is 8.86. The summed E-state index contributed by atoms with van der Waals surface area (Å²) in [5.41, 5.74) is 2.83. The quantitative estimate of drug-likeness (QED) is 0.768. The highest BCUT2D eigenvalue weighted by molar-refractivity contribution is 5.76. The van der Waals surface area contributed by atoms with E-state index in [1.807, 2.05) is 35.0 Å². The van der Waals surface area contributed by atoms with Crippen LogP contribution in [-0.2, 0) is 24.3 Å². The SMILES string of the molecule is O=Cc1cnn2c1C[C@@H](OCc1ccccc1)C2. The molecule has 92 valence electrons. The number of nitrogens with zero attached hydrogens (tertiary/aromatic N) is 2. The predicted molar refractivity (Wildman–Crippen MR) is 66.3 cm³/mol. The van der Waals surface area contributed by atoms with Crippen LogP contribution >= 0.6 is 0 Å². The van der Waals surface area contributed by atoms with E-state index in [1.165, 1.54) is 0 Å². The Morgan fingerprint density at radius 3 is 3.00 bits per heavy atom. The number of hydrogen-bond donors (Lipinski definition) is 0. The van der Waals surface area contributed by atoms with E-state index in [9.17, 15) is 4.79 Å². The van der Waals surface area contributed by atoms with Crippen molar-refractivity contribution in [1.29, 1.82) is 0 Å². The highest BCUT2D eigenvalue weighted by Crippen LogP contribution is 2.20. The molecule has 2 aromatic rings. The lowest BCUT2D eigenvalue weighted by atomic mass is 10.2. The third-order valence-electron chi connectivity index (χ3n) is 3.23. The van der Waals surface area contributed by atoms with Gasteiger partial charge in [-0.05, 0) is 5.56 Å². The molecule has 4 heteroatoms. The zero-order chi connectivity index (χ0) is 12.4. The summed E-state index contributed by atoms with van der Waals surface area (Å²) >= 11 is 0. The van der Waals surface area contributed by atoms with Crippen molar-refractivity contribution in [1.82, 2.24) is 9.78 Å².